The highest BCUT2D eigenvalue weighted by Gasteiger charge is 2.27. The summed E-state index contributed by atoms with van der Waals surface area (Å²) in [5.74, 6) is -0.181. The van der Waals surface area contributed by atoms with Crippen LogP contribution in [0.2, 0.25) is 0 Å². The molecule has 0 aliphatic rings. The molecule has 3 unspecified atom stereocenters. The number of amides is 1. The van der Waals surface area contributed by atoms with Crippen LogP contribution in [0, 0.1) is 0 Å². The molecule has 0 aromatic heterocycles. The van der Waals surface area contributed by atoms with Gasteiger partial charge in [0.15, 0.2) is 0 Å². The predicted molar refractivity (Wildman–Crippen MR) is 281 cm³/mol. The number of hydrogen-bond donors (Lipinski definition) is 3. The van der Waals surface area contributed by atoms with E-state index in [2.05, 4.69) is 31.3 Å². The molecule has 0 saturated heterocycles. The zero-order valence-electron chi connectivity index (χ0n) is 44.0. The van der Waals surface area contributed by atoms with Gasteiger partial charge in [0.25, 0.3) is 0 Å². The number of nitrogens with zero attached hydrogens (tertiary/aromatic N) is 1. The van der Waals surface area contributed by atoms with Crippen LogP contribution in [0.15, 0.2) is 24.3 Å². The van der Waals surface area contributed by atoms with Crippen molar-refractivity contribution in [2.24, 2.45) is 0 Å². The Kier molecular flexibility index (Phi) is 47.3. The van der Waals surface area contributed by atoms with Crippen molar-refractivity contribution < 1.29 is 32.9 Å². The zero-order valence-corrected chi connectivity index (χ0v) is 44.9. The van der Waals surface area contributed by atoms with Crippen molar-refractivity contribution in [2.75, 3.05) is 40.9 Å². The molecule has 0 aliphatic carbocycles. The molecule has 0 radical (unpaired) electrons. The number of phosphoric acid groups is 1. The van der Waals surface area contributed by atoms with Gasteiger partial charge in [0.05, 0.1) is 39.9 Å². The number of rotatable bonds is 52. The minimum Gasteiger partial charge on any atom is -0.387 e. The minimum absolute atomic E-state index is 0.0586. The second kappa shape index (κ2) is 48.0. The molecule has 0 aromatic rings. The van der Waals surface area contributed by atoms with Crippen LogP contribution in [0.1, 0.15) is 277 Å². The summed E-state index contributed by atoms with van der Waals surface area (Å²) < 4.78 is 23.6. The Morgan fingerprint density at radius 3 is 1.23 bits per heavy atom. The highest BCUT2D eigenvalue weighted by atomic mass is 31.2. The Bertz CT molecular complexity index is 1110. The molecule has 1 amide bonds. The fourth-order valence-corrected chi connectivity index (χ4v) is 9.21. The number of likely N-dealkylation sites (N-methyl/N-ethyl adjacent to an activating group) is 1. The van der Waals surface area contributed by atoms with Gasteiger partial charge in [-0.25, -0.2) is 4.57 Å². The summed E-state index contributed by atoms with van der Waals surface area (Å²) >= 11 is 0. The molecule has 9 heteroatoms. The molecule has 386 valence electrons. The van der Waals surface area contributed by atoms with Gasteiger partial charge in [-0.2, -0.15) is 0 Å². The van der Waals surface area contributed by atoms with Gasteiger partial charge in [-0.05, 0) is 32.1 Å². The van der Waals surface area contributed by atoms with Crippen LogP contribution in [0.3, 0.4) is 0 Å². The first-order valence-electron chi connectivity index (χ1n) is 28.2. The molecule has 0 bridgehead atoms. The minimum atomic E-state index is -4.35. The second-order valence-electron chi connectivity index (χ2n) is 20.7. The number of allylic oxidation sites excluding steroid dienone is 3. The van der Waals surface area contributed by atoms with Crippen LogP contribution in [-0.2, 0) is 18.4 Å². The lowest BCUT2D eigenvalue weighted by Crippen LogP contribution is -2.45. The summed E-state index contributed by atoms with van der Waals surface area (Å²) in [6, 6.07) is -0.859. The van der Waals surface area contributed by atoms with E-state index in [1.165, 1.54) is 218 Å². The maximum absolute atomic E-state index is 12.9. The fourth-order valence-electron chi connectivity index (χ4n) is 8.47. The van der Waals surface area contributed by atoms with Gasteiger partial charge >= 0.3 is 7.82 Å². The molecule has 3 N–H and O–H groups in total. The second-order valence-corrected chi connectivity index (χ2v) is 22.1. The van der Waals surface area contributed by atoms with E-state index in [0.717, 1.165) is 38.5 Å². The molecule has 0 fully saturated rings. The number of phosphoric ester groups is 1. The van der Waals surface area contributed by atoms with Crippen molar-refractivity contribution >= 4 is 13.7 Å². The average molecular weight is 940 g/mol. The topological polar surface area (TPSA) is 105 Å². The summed E-state index contributed by atoms with van der Waals surface area (Å²) in [5, 5.41) is 13.9. The summed E-state index contributed by atoms with van der Waals surface area (Å²) in [7, 11) is 1.57. The van der Waals surface area contributed by atoms with Crippen LogP contribution in [0.25, 0.3) is 0 Å². The maximum atomic E-state index is 12.9. The van der Waals surface area contributed by atoms with E-state index in [1.54, 1.807) is 6.08 Å². The first kappa shape index (κ1) is 64.0. The summed E-state index contributed by atoms with van der Waals surface area (Å²) in [6.45, 7) is 4.82. The average Bonchev–Trinajstić information content (AvgIpc) is 3.26. The number of hydrogen-bond acceptors (Lipinski definition) is 5. The summed E-state index contributed by atoms with van der Waals surface area (Å²) in [4.78, 5) is 23.2. The van der Waals surface area contributed by atoms with E-state index >= 15 is 0 Å². The number of carbonyl (C=O) groups excluding carboxylic acids is 1. The molecular formula is C56H112N2O6P+. The molecular weight excluding hydrogens is 828 g/mol. The maximum Gasteiger partial charge on any atom is 0.472 e. The largest absolute Gasteiger partial charge is 0.472 e. The van der Waals surface area contributed by atoms with Crippen molar-refractivity contribution in [3.63, 3.8) is 0 Å². The molecule has 3 atom stereocenters. The highest BCUT2D eigenvalue weighted by Crippen LogP contribution is 2.43. The van der Waals surface area contributed by atoms with E-state index in [-0.39, 0.29) is 19.1 Å². The smallest absolute Gasteiger partial charge is 0.387 e. The number of aliphatic hydroxyl groups is 1. The van der Waals surface area contributed by atoms with Gasteiger partial charge < -0.3 is 19.8 Å². The monoisotopic (exact) mass is 940 g/mol. The molecule has 0 saturated carbocycles. The van der Waals surface area contributed by atoms with Gasteiger partial charge in [0.1, 0.15) is 13.2 Å². The third-order valence-corrected chi connectivity index (χ3v) is 13.9. The zero-order chi connectivity index (χ0) is 47.8. The molecule has 8 nitrogen and oxygen atoms in total. The molecule has 65 heavy (non-hydrogen) atoms. The van der Waals surface area contributed by atoms with Gasteiger partial charge in [0, 0.05) is 6.42 Å². The third kappa shape index (κ3) is 50.7. The molecule has 0 spiro atoms. The van der Waals surface area contributed by atoms with E-state index < -0.39 is 20.0 Å². The number of carbonyl (C=O) groups is 1. The van der Waals surface area contributed by atoms with Crippen molar-refractivity contribution in [1.82, 2.24) is 5.32 Å². The Hall–Kier alpha value is -1.02. The Balaban J connectivity index is 4.12. The Morgan fingerprint density at radius 1 is 0.508 bits per heavy atom. The third-order valence-electron chi connectivity index (χ3n) is 12.9. The van der Waals surface area contributed by atoms with Gasteiger partial charge in [-0.15, -0.1) is 0 Å². The number of quaternary nitrogens is 1. The van der Waals surface area contributed by atoms with Gasteiger partial charge in [0.2, 0.25) is 5.91 Å². The van der Waals surface area contributed by atoms with Crippen LogP contribution >= 0.6 is 7.82 Å². The van der Waals surface area contributed by atoms with Gasteiger partial charge in [-0.3, -0.25) is 13.8 Å². The Morgan fingerprint density at radius 2 is 0.846 bits per heavy atom. The van der Waals surface area contributed by atoms with E-state index in [0.29, 0.717) is 17.4 Å². The summed E-state index contributed by atoms with van der Waals surface area (Å²) in [6.07, 6.45) is 60.0. The van der Waals surface area contributed by atoms with E-state index in [4.69, 9.17) is 9.05 Å². The summed E-state index contributed by atoms with van der Waals surface area (Å²) in [5.41, 5.74) is 0. The Labute approximate surface area is 404 Å². The normalized spacial score (nSPS) is 14.1. The standard InChI is InChI=1S/C56H111N2O6P/c1-6-8-10-12-14-16-18-20-22-23-24-25-26-27-28-29-30-31-32-33-34-36-38-40-42-44-46-48-50-56(60)57-54(53-64-65(61,62)63-52-51-58(3,4)5)55(59)49-47-45-43-41-39-37-35-21-19-17-15-13-11-9-7-2/h39,41,47,49,54-55,59H,6-38,40,42-46,48,50-53H2,1-5H3,(H-,57,60,61,62)/p+1/b41-39+,49-47+. The van der Waals surface area contributed by atoms with Crippen LogP contribution in [0.4, 0.5) is 0 Å². The van der Waals surface area contributed by atoms with E-state index in [1.807, 2.05) is 27.2 Å². The lowest BCUT2D eigenvalue weighted by molar-refractivity contribution is -0.870. The number of nitrogens with one attached hydrogen (secondary N) is 1. The van der Waals surface area contributed by atoms with Gasteiger partial charge in [-0.1, -0.05) is 263 Å². The van der Waals surface area contributed by atoms with Crippen molar-refractivity contribution in [1.29, 1.82) is 0 Å². The number of unbranched alkanes of at least 4 members (excludes halogenated alkanes) is 37. The first-order chi connectivity index (χ1) is 31.5. The molecule has 0 heterocycles. The predicted octanol–water partition coefficient (Wildman–Crippen LogP) is 16.8. The fraction of sp³-hybridized carbons (Fsp3) is 0.911. The van der Waals surface area contributed by atoms with E-state index in [9.17, 15) is 19.4 Å². The van der Waals surface area contributed by atoms with Crippen LogP contribution < -0.4 is 5.32 Å². The highest BCUT2D eigenvalue weighted by molar-refractivity contribution is 7.47. The quantitative estimate of drug-likeness (QED) is 0.0243. The SMILES string of the molecule is CCCCCCCCCCC/C=C/CC/C=C/C(O)C(COP(=O)(O)OCC[N+](C)(C)C)NC(=O)CCCCCCCCCCCCCCCCCCCCCCCCCCCCCC. The van der Waals surface area contributed by atoms with Crippen molar-refractivity contribution in [3.05, 3.63) is 24.3 Å². The molecule has 0 rings (SSSR count). The molecule has 0 aliphatic heterocycles. The van der Waals surface area contributed by atoms with Crippen LogP contribution in [0.5, 0.6) is 0 Å². The van der Waals surface area contributed by atoms with Crippen LogP contribution in [-0.4, -0.2) is 73.4 Å². The first-order valence-corrected chi connectivity index (χ1v) is 29.7. The van der Waals surface area contributed by atoms with Crippen molar-refractivity contribution in [2.45, 2.75) is 289 Å². The number of aliphatic hydroxyl groups excluding tert-OH is 1. The lowest BCUT2D eigenvalue weighted by Gasteiger charge is -2.25. The molecule has 0 aromatic carbocycles. The lowest BCUT2D eigenvalue weighted by atomic mass is 10.0. The van der Waals surface area contributed by atoms with Crippen molar-refractivity contribution in [3.8, 4) is 0 Å².